The van der Waals surface area contributed by atoms with Crippen molar-refractivity contribution in [3.8, 4) is 0 Å². The van der Waals surface area contributed by atoms with Crippen molar-refractivity contribution in [1.29, 1.82) is 0 Å². The van der Waals surface area contributed by atoms with Crippen LogP contribution in [0.4, 0.5) is 18.9 Å². The second kappa shape index (κ2) is 12.5. The molecular formula is C36H46F3N7O2. The van der Waals surface area contributed by atoms with E-state index in [0.717, 1.165) is 63.5 Å². The van der Waals surface area contributed by atoms with Crippen LogP contribution < -0.4 is 4.90 Å². The Hall–Kier alpha value is -3.32. The molecule has 12 heteroatoms. The van der Waals surface area contributed by atoms with Gasteiger partial charge in [-0.1, -0.05) is 12.1 Å². The van der Waals surface area contributed by atoms with Crippen molar-refractivity contribution in [1.82, 2.24) is 29.5 Å². The first kappa shape index (κ1) is 33.2. The Morgan fingerprint density at radius 3 is 2.56 bits per heavy atom. The number of anilines is 1. The van der Waals surface area contributed by atoms with Gasteiger partial charge in [0.15, 0.2) is 0 Å². The smallest absolute Gasteiger partial charge is 0.379 e. The fourth-order valence-corrected chi connectivity index (χ4v) is 8.30. The summed E-state index contributed by atoms with van der Waals surface area (Å²) in [5.74, 6) is 0.884. The molecule has 258 valence electrons. The van der Waals surface area contributed by atoms with Crippen molar-refractivity contribution < 1.29 is 22.7 Å². The van der Waals surface area contributed by atoms with Gasteiger partial charge in [-0.25, -0.2) is 0 Å². The summed E-state index contributed by atoms with van der Waals surface area (Å²) in [7, 11) is 4.06. The van der Waals surface area contributed by atoms with Crippen LogP contribution in [0.25, 0.3) is 0 Å². The first-order valence-electron chi connectivity index (χ1n) is 17.0. The molecule has 9 nitrogen and oxygen atoms in total. The highest BCUT2D eigenvalue weighted by molar-refractivity contribution is 6.10. The highest BCUT2D eigenvalue weighted by Gasteiger charge is 2.44. The number of likely N-dealkylation sites (tertiary alicyclic amines) is 1. The van der Waals surface area contributed by atoms with Gasteiger partial charge < -0.3 is 19.1 Å². The van der Waals surface area contributed by atoms with Gasteiger partial charge in [-0.15, -0.1) is 10.2 Å². The molecule has 1 aromatic heterocycles. The number of benzene rings is 2. The first-order valence-corrected chi connectivity index (χ1v) is 17.0. The number of hydrogen-bond donors (Lipinski definition) is 0. The molecule has 1 unspecified atom stereocenters. The van der Waals surface area contributed by atoms with Crippen molar-refractivity contribution in [2.45, 2.75) is 63.3 Å². The predicted molar refractivity (Wildman–Crippen MR) is 177 cm³/mol. The van der Waals surface area contributed by atoms with Crippen LogP contribution in [0.1, 0.15) is 65.1 Å². The number of alkyl halides is 3. The van der Waals surface area contributed by atoms with E-state index in [1.54, 1.807) is 18.5 Å². The third-order valence-corrected chi connectivity index (χ3v) is 11.0. The molecule has 1 atom stereocenters. The molecule has 0 saturated carbocycles. The summed E-state index contributed by atoms with van der Waals surface area (Å²) in [6, 6.07) is 10.6. The molecule has 7 rings (SSSR count). The Balaban J connectivity index is 1.10. The Bertz CT molecular complexity index is 1670. The minimum atomic E-state index is -4.57. The topological polar surface area (TPSA) is 70.0 Å². The van der Waals surface area contributed by atoms with E-state index in [1.165, 1.54) is 11.0 Å². The molecule has 0 N–H and O–H groups in total. The molecule has 3 saturated heterocycles. The zero-order chi connectivity index (χ0) is 33.8. The second-order valence-corrected chi connectivity index (χ2v) is 15.2. The highest BCUT2D eigenvalue weighted by Crippen LogP contribution is 2.42. The van der Waals surface area contributed by atoms with E-state index in [-0.39, 0.29) is 28.6 Å². The van der Waals surface area contributed by atoms with Gasteiger partial charge in [0, 0.05) is 74.9 Å². The Labute approximate surface area is 280 Å². The number of likely N-dealkylation sites (N-methyl/N-ethyl adjacent to an activating group) is 1. The zero-order valence-corrected chi connectivity index (χ0v) is 28.4. The summed E-state index contributed by atoms with van der Waals surface area (Å²) in [4.78, 5) is 22.6. The summed E-state index contributed by atoms with van der Waals surface area (Å²) in [6.45, 7) is 11.6. The normalized spacial score (nSPS) is 23.4. The minimum Gasteiger partial charge on any atom is -0.379 e. The molecule has 3 fully saturated rings. The van der Waals surface area contributed by atoms with Crippen molar-refractivity contribution in [2.24, 2.45) is 13.0 Å². The lowest BCUT2D eigenvalue weighted by molar-refractivity contribution is -0.138. The molecule has 0 spiro atoms. The van der Waals surface area contributed by atoms with Gasteiger partial charge >= 0.3 is 6.18 Å². The molecule has 5 heterocycles. The number of nitrogens with zero attached hydrogens (tertiary/aromatic N) is 7. The van der Waals surface area contributed by atoms with E-state index in [0.29, 0.717) is 43.3 Å². The van der Waals surface area contributed by atoms with Gasteiger partial charge in [0.2, 0.25) is 0 Å². The number of ether oxygens (including phenoxy) is 1. The molecule has 4 aliphatic heterocycles. The molecule has 0 radical (unpaired) electrons. The summed E-state index contributed by atoms with van der Waals surface area (Å²) in [5, 5.41) is 8.25. The quantitative estimate of drug-likeness (QED) is 0.345. The average Bonchev–Trinajstić information content (AvgIpc) is 3.57. The third-order valence-electron chi connectivity index (χ3n) is 11.0. The van der Waals surface area contributed by atoms with E-state index in [2.05, 4.69) is 45.8 Å². The largest absolute Gasteiger partial charge is 0.416 e. The van der Waals surface area contributed by atoms with E-state index in [4.69, 9.17) is 4.74 Å². The number of amides is 1. The Morgan fingerprint density at radius 2 is 1.88 bits per heavy atom. The number of piperidine rings is 1. The van der Waals surface area contributed by atoms with Crippen LogP contribution in [-0.2, 0) is 42.9 Å². The van der Waals surface area contributed by atoms with Gasteiger partial charge in [0.1, 0.15) is 12.2 Å². The molecule has 2 aromatic carbocycles. The molecular weight excluding hydrogens is 619 g/mol. The molecule has 0 aliphatic carbocycles. The fraction of sp³-hybridized carbons (Fsp3) is 0.583. The van der Waals surface area contributed by atoms with Crippen LogP contribution in [0.2, 0.25) is 0 Å². The highest BCUT2D eigenvalue weighted by atomic mass is 19.4. The van der Waals surface area contributed by atoms with Crippen LogP contribution >= 0.6 is 0 Å². The van der Waals surface area contributed by atoms with Crippen LogP contribution in [0.5, 0.6) is 0 Å². The molecule has 48 heavy (non-hydrogen) atoms. The first-order chi connectivity index (χ1) is 22.8. The number of hydrogen-bond acceptors (Lipinski definition) is 7. The lowest BCUT2D eigenvalue weighted by Gasteiger charge is -2.48. The van der Waals surface area contributed by atoms with E-state index in [9.17, 15) is 18.0 Å². The van der Waals surface area contributed by atoms with E-state index >= 15 is 0 Å². The zero-order valence-electron chi connectivity index (χ0n) is 28.4. The maximum atomic E-state index is 14.6. The van der Waals surface area contributed by atoms with Crippen molar-refractivity contribution in [2.75, 3.05) is 64.4 Å². The molecule has 0 bridgehead atoms. The Kier molecular flexibility index (Phi) is 8.67. The number of aromatic nitrogens is 3. The van der Waals surface area contributed by atoms with Crippen LogP contribution in [0.15, 0.2) is 42.7 Å². The maximum absolute atomic E-state index is 14.6. The van der Waals surface area contributed by atoms with Crippen molar-refractivity contribution in [3.05, 3.63) is 76.4 Å². The predicted octanol–water partition coefficient (Wildman–Crippen LogP) is 4.74. The van der Waals surface area contributed by atoms with Gasteiger partial charge in [-0.05, 0) is 87.2 Å². The van der Waals surface area contributed by atoms with Crippen molar-refractivity contribution >= 4 is 11.6 Å². The van der Waals surface area contributed by atoms with Crippen LogP contribution in [-0.4, -0.2) is 100 Å². The summed E-state index contributed by atoms with van der Waals surface area (Å²) in [6.07, 6.45) is -0.172. The third kappa shape index (κ3) is 6.39. The minimum absolute atomic E-state index is 0.0521. The Morgan fingerprint density at radius 1 is 1.06 bits per heavy atom. The van der Waals surface area contributed by atoms with E-state index < -0.39 is 17.6 Å². The molecule has 1 amide bonds. The SMILES string of the molecule is CN1CCN(CC2CCCN(Cc3cc4c(c(C(F)(F)F)c3)CN(c3cccc(C5(Cc6nncn6C)COC5)c3)C4=O)C2)C(C)(C)C1. The summed E-state index contributed by atoms with van der Waals surface area (Å²) >= 11 is 0. The van der Waals surface area contributed by atoms with Gasteiger partial charge in [0.05, 0.1) is 25.3 Å². The van der Waals surface area contributed by atoms with E-state index in [1.807, 2.05) is 29.8 Å². The molecule has 4 aliphatic rings. The fourth-order valence-electron chi connectivity index (χ4n) is 8.30. The number of carbonyl (C=O) groups is 1. The van der Waals surface area contributed by atoms with Gasteiger partial charge in [-0.3, -0.25) is 14.6 Å². The number of fused-ring (bicyclic) bond motifs is 1. The monoisotopic (exact) mass is 665 g/mol. The van der Waals surface area contributed by atoms with Crippen LogP contribution in [0, 0.1) is 5.92 Å². The number of rotatable bonds is 8. The van der Waals surface area contributed by atoms with Crippen LogP contribution in [0.3, 0.4) is 0 Å². The lowest BCUT2D eigenvalue weighted by Crippen LogP contribution is -2.59. The van der Waals surface area contributed by atoms with Gasteiger partial charge in [0.25, 0.3) is 5.91 Å². The molecule has 3 aromatic rings. The standard InChI is InChI=1S/C36H46F3N7O2/c1-34(2)21-42(3)11-12-45(34)19-25-7-6-10-44(17-25)18-26-13-29-30(31(14-26)36(37,38)39)20-46(33(29)47)28-9-5-8-27(15-28)35(22-48-23-35)16-32-41-40-24-43(32)4/h5,8-9,13-15,24-25H,6-7,10-12,16-23H2,1-4H3. The average molecular weight is 666 g/mol. The summed E-state index contributed by atoms with van der Waals surface area (Å²) < 4.78 is 51.3. The summed E-state index contributed by atoms with van der Waals surface area (Å²) in [5.41, 5.74) is 1.33. The number of halogens is 3. The lowest BCUT2D eigenvalue weighted by atomic mass is 9.75. The second-order valence-electron chi connectivity index (χ2n) is 15.2. The number of aryl methyl sites for hydroxylation is 1. The maximum Gasteiger partial charge on any atom is 0.416 e. The number of piperazine rings is 1. The number of carbonyl (C=O) groups excluding carboxylic acids is 1. The van der Waals surface area contributed by atoms with Gasteiger partial charge in [-0.2, -0.15) is 13.2 Å². The van der Waals surface area contributed by atoms with Crippen molar-refractivity contribution in [3.63, 3.8) is 0 Å².